The molecule has 0 radical (unpaired) electrons. The highest BCUT2D eigenvalue weighted by Gasteiger charge is 2.53. The van der Waals surface area contributed by atoms with Crippen LogP contribution in [0.4, 0.5) is 5.82 Å². The summed E-state index contributed by atoms with van der Waals surface area (Å²) in [6.07, 6.45) is 6.65. The van der Waals surface area contributed by atoms with Crippen molar-refractivity contribution >= 4 is 76.8 Å². The number of imidazole rings is 1. The van der Waals surface area contributed by atoms with Crippen molar-refractivity contribution in [2.45, 2.75) is 133 Å². The summed E-state index contributed by atoms with van der Waals surface area (Å²) in [5, 5.41) is 0. The molecule has 25 heteroatoms. The number of amides is 1. The average molecular weight is 1240 g/mol. The van der Waals surface area contributed by atoms with Gasteiger partial charge in [-0.1, -0.05) is 118 Å². The second-order valence-corrected chi connectivity index (χ2v) is 29.0. The Morgan fingerprint density at radius 3 is 2.00 bits per heavy atom. The van der Waals surface area contributed by atoms with Crippen molar-refractivity contribution in [1.82, 2.24) is 24.4 Å². The lowest BCUT2D eigenvalue weighted by Gasteiger charge is -2.29. The van der Waals surface area contributed by atoms with Crippen molar-refractivity contribution < 1.29 is 70.1 Å². The summed E-state index contributed by atoms with van der Waals surface area (Å²) < 4.78 is 89.5. The van der Waals surface area contributed by atoms with Gasteiger partial charge in [-0.05, 0) is 89.7 Å². The molecule has 85 heavy (non-hydrogen) atoms. The fourth-order valence-electron chi connectivity index (χ4n) is 10.2. The molecule has 9 atom stereocenters. The van der Waals surface area contributed by atoms with Crippen LogP contribution in [-0.2, 0) is 62.5 Å². The third kappa shape index (κ3) is 15.7. The molecule has 2 N–H and O–H groups in total. The van der Waals surface area contributed by atoms with Gasteiger partial charge in [0.1, 0.15) is 60.1 Å². The van der Waals surface area contributed by atoms with Crippen LogP contribution in [0, 0.1) is 6.92 Å². The number of carbonyl (C=O) groups is 4. The zero-order chi connectivity index (χ0) is 59.5. The number of ketones is 2. The molecule has 4 aliphatic heterocycles. The molecule has 3 fully saturated rings. The van der Waals surface area contributed by atoms with Gasteiger partial charge in [0.2, 0.25) is 5.91 Å². The van der Waals surface area contributed by atoms with Crippen molar-refractivity contribution in [2.75, 3.05) is 32.7 Å². The molecule has 6 aromatic rings. The smallest absolute Gasteiger partial charge is 0.390 e. The van der Waals surface area contributed by atoms with Crippen LogP contribution in [0.2, 0.25) is 0 Å². The molecule has 4 aromatic carbocycles. The van der Waals surface area contributed by atoms with Gasteiger partial charge in [0, 0.05) is 42.4 Å². The Balaban J connectivity index is 0.872. The lowest BCUT2D eigenvalue weighted by atomic mass is 10.0. The molecule has 0 aliphatic carbocycles. The van der Waals surface area contributed by atoms with Gasteiger partial charge >= 0.3 is 19.6 Å². The number of nitrogen functional groups attached to an aromatic ring is 1. The Morgan fingerprint density at radius 2 is 1.33 bits per heavy atom. The van der Waals surface area contributed by atoms with Gasteiger partial charge in [-0.15, -0.1) is 0 Å². The lowest BCUT2D eigenvalue weighted by Crippen LogP contribution is -2.39. The minimum atomic E-state index is -4.41. The number of anilines is 1. The number of rotatable bonds is 23. The van der Waals surface area contributed by atoms with Gasteiger partial charge in [-0.3, -0.25) is 41.9 Å². The lowest BCUT2D eigenvalue weighted by molar-refractivity contribution is -0.144. The number of aryl methyl sites for hydroxylation is 1. The number of aromatic nitrogens is 4. The first-order valence-electron chi connectivity index (χ1n) is 28.4. The molecule has 450 valence electrons. The van der Waals surface area contributed by atoms with E-state index in [-0.39, 0.29) is 52.2 Å². The number of unbranched alkanes of at least 4 members (excludes halogenated alkanes) is 7. The first kappa shape index (κ1) is 62.0. The first-order valence-corrected chi connectivity index (χ1v) is 34.6. The molecule has 0 saturated carbocycles. The molecule has 2 aromatic heterocycles. The number of hydrogen-bond donors (Lipinski definition) is 1. The Bertz CT molecular complexity index is 3430. The molecule has 2 bridgehead atoms. The molecular weight excluding hydrogens is 1170 g/mol. The van der Waals surface area contributed by atoms with Gasteiger partial charge in [0.05, 0.1) is 38.1 Å². The van der Waals surface area contributed by atoms with Gasteiger partial charge in [-0.25, -0.2) is 28.9 Å². The second kappa shape index (κ2) is 28.6. The molecule has 21 nitrogen and oxygen atoms in total. The molecule has 6 heterocycles. The molecule has 2 unspecified atom stereocenters. The molecule has 1 amide bonds. The van der Waals surface area contributed by atoms with E-state index in [2.05, 4.69) is 21.9 Å². The fraction of sp³-hybridized carbons (Fsp3) is 0.417. The maximum Gasteiger partial charge on any atom is 0.390 e. The quantitative estimate of drug-likeness (QED) is 0.0156. The largest absolute Gasteiger partial charge is 0.494 e. The van der Waals surface area contributed by atoms with Crippen LogP contribution in [0.15, 0.2) is 122 Å². The maximum absolute atomic E-state index is 15.6. The van der Waals surface area contributed by atoms with Crippen molar-refractivity contribution in [1.29, 1.82) is 0 Å². The molecule has 10 rings (SSSR count). The minimum absolute atomic E-state index is 0.0582. The summed E-state index contributed by atoms with van der Waals surface area (Å²) in [4.78, 5) is 66.4. The van der Waals surface area contributed by atoms with Crippen LogP contribution >= 0.6 is 36.4 Å². The number of benzene rings is 4. The summed E-state index contributed by atoms with van der Waals surface area (Å²) in [6, 6.07) is 27.7. The number of ether oxygens (including phenoxy) is 5. The molecular formula is C60H68N6O15P2S2. The topological polar surface area (TPSA) is 258 Å². The minimum Gasteiger partial charge on any atom is -0.494 e. The summed E-state index contributed by atoms with van der Waals surface area (Å²) in [5.41, 5.74) is 10.5. The van der Waals surface area contributed by atoms with Crippen molar-refractivity contribution in [3.05, 3.63) is 155 Å². The van der Waals surface area contributed by atoms with E-state index in [9.17, 15) is 19.2 Å². The predicted octanol–water partition coefficient (Wildman–Crippen LogP) is 11.9. The van der Waals surface area contributed by atoms with E-state index in [0.717, 1.165) is 41.2 Å². The zero-order valence-corrected chi connectivity index (χ0v) is 50.8. The molecule has 3 saturated heterocycles. The summed E-state index contributed by atoms with van der Waals surface area (Å²) in [5.74, 6) is -0.421. The van der Waals surface area contributed by atoms with Gasteiger partial charge in [-0.2, -0.15) is 0 Å². The number of hydrogen-bond acceptors (Lipinski definition) is 21. The fourth-order valence-corrected chi connectivity index (χ4v) is 16.9. The summed E-state index contributed by atoms with van der Waals surface area (Å²) in [7, 11) is 1.42. The van der Waals surface area contributed by atoms with Crippen LogP contribution in [0.5, 0.6) is 11.5 Å². The number of fused-ring (bicyclic) bond motifs is 4. The monoisotopic (exact) mass is 1240 g/mol. The Kier molecular flexibility index (Phi) is 20.9. The molecule has 0 spiro atoms. The van der Waals surface area contributed by atoms with Crippen molar-refractivity contribution in [3.8, 4) is 11.5 Å². The number of methoxy groups -OCH3 is 1. The summed E-state index contributed by atoms with van der Waals surface area (Å²) >= 11 is 1.74. The predicted molar refractivity (Wildman–Crippen MR) is 320 cm³/mol. The van der Waals surface area contributed by atoms with Crippen LogP contribution < -0.4 is 15.2 Å². The third-order valence-corrected chi connectivity index (χ3v) is 22.2. The van der Waals surface area contributed by atoms with E-state index in [4.69, 9.17) is 47.5 Å². The van der Waals surface area contributed by atoms with E-state index < -0.39 is 88.1 Å². The van der Waals surface area contributed by atoms with E-state index in [0.29, 0.717) is 40.2 Å². The van der Waals surface area contributed by atoms with Crippen LogP contribution in [-0.4, -0.2) is 112 Å². The number of nitrogens with two attached hydrogens (primary N) is 1. The normalized spacial score (nSPS) is 25.3. The zero-order valence-electron chi connectivity index (χ0n) is 47.3. The third-order valence-electron chi connectivity index (χ3n) is 14.9. The first-order chi connectivity index (χ1) is 41.2. The van der Waals surface area contributed by atoms with Gasteiger partial charge in [0.25, 0.3) is 0 Å². The van der Waals surface area contributed by atoms with Crippen LogP contribution in [0.25, 0.3) is 11.2 Å². The van der Waals surface area contributed by atoms with Crippen LogP contribution in [0.1, 0.15) is 120 Å². The van der Waals surface area contributed by atoms with E-state index in [1.165, 1.54) is 75.5 Å². The highest BCUT2D eigenvalue weighted by molar-refractivity contribution is 8.55. The number of nitrogens with zero attached hydrogens (tertiary/aromatic N) is 5. The number of allylic oxidation sites excluding steroid dienone is 1. The highest BCUT2D eigenvalue weighted by Crippen LogP contribution is 2.67. The van der Waals surface area contributed by atoms with E-state index in [1.54, 1.807) is 89.5 Å². The average Bonchev–Trinajstić information content (AvgIpc) is 2.24. The van der Waals surface area contributed by atoms with Crippen molar-refractivity contribution in [2.24, 2.45) is 0 Å². The Labute approximate surface area is 500 Å². The van der Waals surface area contributed by atoms with E-state index in [1.807, 2.05) is 19.1 Å². The standard InChI is InChI=1S/C60H68N6O15P2S2/c1-4-5-6-7-8-9-10-11-30-74-46-26-22-44(23-27-46)60(70)77-47-24-16-41(17-25-47)36-84-82(71)76-34-50-55(73-3)56(59(79-50)66-38-64-53-57(61)62-37-63-58(53)66)81-83(72,75-33-49-48(80-82)32-52(78-49)65-29-28-45(67)31-51(65)68)85-35-40-14-20-43(21-15-40)54(69)42-18-12-39(2)13-19-42/h12-29,37-38,48-50,52,55-56,59H,4-11,30-36H2,1-3H3,(H2,61,62,63)/t48-,49+,50+,52+,55+,56+,59+,82?,83?/m0/s1. The Morgan fingerprint density at radius 1 is 0.718 bits per heavy atom. The second-order valence-electron chi connectivity index (χ2n) is 21.0. The molecule has 4 aliphatic rings. The van der Waals surface area contributed by atoms with E-state index >= 15 is 9.13 Å². The number of carbonyl (C=O) groups excluding carboxylic acids is 4. The van der Waals surface area contributed by atoms with Crippen molar-refractivity contribution in [3.63, 3.8) is 0 Å². The van der Waals surface area contributed by atoms with Gasteiger partial charge in [0.15, 0.2) is 29.3 Å². The highest BCUT2D eigenvalue weighted by atomic mass is 32.7. The van der Waals surface area contributed by atoms with Crippen LogP contribution in [0.3, 0.4) is 0 Å². The maximum atomic E-state index is 15.6. The number of esters is 1. The Hall–Kier alpha value is -6.07. The summed E-state index contributed by atoms with van der Waals surface area (Å²) in [6.45, 7) is -4.86. The SMILES string of the molecule is CCCCCCCCCCOc1ccc(C(=O)Oc2ccc(CSP3(=O)OC[C@H]4O[C@@H](n5cnc6c(N)ncnc65)[C@H](OP(=O)(SCc5ccc(C(=O)c6ccc(C)cc6)cc5)OC[C@H]5O[C@@H](N6C=CC(=O)CC6=O)C[C@@H]5O3)[C@@H]4OC)cc2)cc1. The van der Waals surface area contributed by atoms with Gasteiger partial charge < -0.3 is 29.4 Å².